The number of hydrogen-bond donors (Lipinski definition) is 2. The number of ether oxygens (including phenoxy) is 2. The molecule has 2 unspecified atom stereocenters. The number of esters is 2. The summed E-state index contributed by atoms with van der Waals surface area (Å²) in [5.41, 5.74) is 0. The first kappa shape index (κ1) is 17.8. The Morgan fingerprint density at radius 3 is 1.28 bits per heavy atom. The van der Waals surface area contributed by atoms with Gasteiger partial charge >= 0.3 is 11.9 Å². The maximum Gasteiger partial charge on any atom is 0.324 e. The van der Waals surface area contributed by atoms with E-state index in [9.17, 15) is 19.8 Å². The van der Waals surface area contributed by atoms with E-state index in [0.29, 0.717) is 0 Å². The van der Waals surface area contributed by atoms with Crippen LogP contribution in [0.25, 0.3) is 0 Å². The molecule has 106 valence electrons. The molecule has 0 aliphatic heterocycles. The van der Waals surface area contributed by atoms with Gasteiger partial charge in [0.05, 0.1) is 0 Å². The lowest BCUT2D eigenvalue weighted by Crippen LogP contribution is -2.41. The van der Waals surface area contributed by atoms with Gasteiger partial charge in [-0.3, -0.25) is 9.59 Å². The van der Waals surface area contributed by atoms with Gasteiger partial charge in [0, 0.05) is 0 Å². The van der Waals surface area contributed by atoms with Crippen LogP contribution >= 0.6 is 31.9 Å². The lowest BCUT2D eigenvalue weighted by atomic mass is 10.2. The normalized spacial score (nSPS) is 15.8. The molecule has 0 aromatic carbocycles. The average molecular weight is 392 g/mol. The topological polar surface area (TPSA) is 93.1 Å². The Hall–Kier alpha value is -0.180. The van der Waals surface area contributed by atoms with Crippen LogP contribution in [0.5, 0.6) is 0 Å². The fourth-order valence-electron chi connectivity index (χ4n) is 0.616. The Morgan fingerprint density at radius 2 is 1.11 bits per heavy atom. The molecule has 0 radical (unpaired) electrons. The molecule has 0 aromatic rings. The van der Waals surface area contributed by atoms with E-state index in [-0.39, 0.29) is 0 Å². The predicted molar refractivity (Wildman–Crippen MR) is 70.2 cm³/mol. The van der Waals surface area contributed by atoms with E-state index in [2.05, 4.69) is 41.3 Å². The van der Waals surface area contributed by atoms with E-state index in [4.69, 9.17) is 0 Å². The highest BCUT2D eigenvalue weighted by atomic mass is 79.9. The van der Waals surface area contributed by atoms with Crippen molar-refractivity contribution in [3.8, 4) is 0 Å². The summed E-state index contributed by atoms with van der Waals surface area (Å²) in [6.45, 7) is 6.01. The van der Waals surface area contributed by atoms with Crippen molar-refractivity contribution in [1.29, 1.82) is 0 Å². The van der Waals surface area contributed by atoms with Gasteiger partial charge in [0.15, 0.2) is 0 Å². The van der Waals surface area contributed by atoms with Gasteiger partial charge in [-0.2, -0.15) is 0 Å². The molecule has 0 spiro atoms. The van der Waals surface area contributed by atoms with E-state index in [1.165, 1.54) is 27.7 Å². The number of hydrogen-bond acceptors (Lipinski definition) is 6. The molecule has 0 aromatic heterocycles. The summed E-state index contributed by atoms with van der Waals surface area (Å²) in [5.74, 6) is -1.61. The van der Waals surface area contributed by atoms with Crippen molar-refractivity contribution in [2.24, 2.45) is 0 Å². The highest BCUT2D eigenvalue weighted by Gasteiger charge is 2.34. The van der Waals surface area contributed by atoms with Gasteiger partial charge < -0.3 is 19.7 Å². The molecule has 0 heterocycles. The molecule has 2 N–H and O–H groups in total. The summed E-state index contributed by atoms with van der Waals surface area (Å²) in [7, 11) is 0. The maximum atomic E-state index is 11.4. The Labute approximate surface area is 122 Å². The number of carbonyl (C=O) groups is 2. The van der Waals surface area contributed by atoms with Gasteiger partial charge in [0.2, 0.25) is 0 Å². The third kappa shape index (κ3) is 6.12. The van der Waals surface area contributed by atoms with Gasteiger partial charge in [-0.15, -0.1) is 0 Å². The van der Waals surface area contributed by atoms with Crippen LogP contribution in [0, 0.1) is 0 Å². The van der Waals surface area contributed by atoms with Crippen LogP contribution < -0.4 is 0 Å². The minimum absolute atomic E-state index is 0.803. The molecule has 6 nitrogen and oxygen atoms in total. The zero-order valence-electron chi connectivity index (χ0n) is 10.4. The molecule has 0 bridgehead atoms. The third-order valence-corrected chi connectivity index (χ3v) is 2.32. The van der Waals surface area contributed by atoms with E-state index in [1.807, 2.05) is 0 Å². The second-order valence-corrected chi connectivity index (χ2v) is 8.50. The molecule has 0 aliphatic rings. The Kier molecular flexibility index (Phi) is 6.25. The Balaban J connectivity index is 4.41. The molecule has 18 heavy (non-hydrogen) atoms. The molecule has 0 amide bonds. The fourth-order valence-corrected chi connectivity index (χ4v) is 0.803. The quantitative estimate of drug-likeness (QED) is 0.413. The van der Waals surface area contributed by atoms with Crippen molar-refractivity contribution in [2.75, 3.05) is 0 Å². The van der Waals surface area contributed by atoms with Gasteiger partial charge in [0.1, 0.15) is 8.65 Å². The summed E-state index contributed by atoms with van der Waals surface area (Å²) in [4.78, 5) is 22.7. The van der Waals surface area contributed by atoms with E-state index < -0.39 is 33.2 Å². The summed E-state index contributed by atoms with van der Waals surface area (Å²) in [6, 6.07) is 0. The molecule has 0 aliphatic carbocycles. The third-order valence-electron chi connectivity index (χ3n) is 1.67. The van der Waals surface area contributed by atoms with Crippen LogP contribution in [0.15, 0.2) is 0 Å². The maximum absolute atomic E-state index is 11.4. The summed E-state index contributed by atoms with van der Waals surface area (Å²) in [5, 5.41) is 18.7. The van der Waals surface area contributed by atoms with E-state index in [0.717, 1.165) is 0 Å². The van der Waals surface area contributed by atoms with Gasteiger partial charge in [-0.25, -0.2) is 0 Å². The highest BCUT2D eigenvalue weighted by Crippen LogP contribution is 2.21. The Morgan fingerprint density at radius 1 is 0.889 bits per heavy atom. The largest absolute Gasteiger partial charge is 0.428 e. The number of alkyl halides is 2. The predicted octanol–water partition coefficient (Wildman–Crippen LogP) is 1.06. The monoisotopic (exact) mass is 390 g/mol. The number of rotatable bonds is 5. The number of halogens is 2. The van der Waals surface area contributed by atoms with Crippen LogP contribution in [0.2, 0.25) is 0 Å². The summed E-state index contributed by atoms with van der Waals surface area (Å²) < 4.78 is 6.99. The molecule has 0 saturated carbocycles. The van der Waals surface area contributed by atoms with Crippen LogP contribution in [-0.4, -0.2) is 43.4 Å². The molecule has 0 fully saturated rings. The van der Waals surface area contributed by atoms with E-state index >= 15 is 0 Å². The standard InChI is InChI=1S/C10H16Br2O6/c1-9(2,11)7(15)17-5(13)6(14)18-8(16)10(3,4)12/h5-6,13-14H,1-4H3. The molecular weight excluding hydrogens is 376 g/mol. The van der Waals surface area contributed by atoms with Crippen molar-refractivity contribution in [3.63, 3.8) is 0 Å². The van der Waals surface area contributed by atoms with E-state index in [1.54, 1.807) is 0 Å². The van der Waals surface area contributed by atoms with Gasteiger partial charge in [0.25, 0.3) is 12.6 Å². The number of carbonyl (C=O) groups excluding carboxylic acids is 2. The molecule has 0 saturated heterocycles. The molecule has 0 rings (SSSR count). The first-order valence-electron chi connectivity index (χ1n) is 5.02. The lowest BCUT2D eigenvalue weighted by molar-refractivity contribution is -0.243. The van der Waals surface area contributed by atoms with Crippen molar-refractivity contribution < 1.29 is 29.3 Å². The molecule has 2 atom stereocenters. The number of aliphatic hydroxyl groups is 2. The minimum atomic E-state index is -1.95. The Bertz CT molecular complexity index is 285. The second kappa shape index (κ2) is 6.31. The fraction of sp³-hybridized carbons (Fsp3) is 0.800. The summed E-state index contributed by atoms with van der Waals surface area (Å²) in [6.07, 6.45) is -3.90. The van der Waals surface area contributed by atoms with Crippen LogP contribution in [0.4, 0.5) is 0 Å². The second-order valence-electron chi connectivity index (χ2n) is 4.54. The zero-order valence-corrected chi connectivity index (χ0v) is 13.6. The van der Waals surface area contributed by atoms with Gasteiger partial charge in [-0.1, -0.05) is 31.9 Å². The minimum Gasteiger partial charge on any atom is -0.428 e. The van der Waals surface area contributed by atoms with Crippen molar-refractivity contribution >= 4 is 43.8 Å². The molecule has 8 heteroatoms. The highest BCUT2D eigenvalue weighted by molar-refractivity contribution is 9.10. The van der Waals surface area contributed by atoms with Crippen molar-refractivity contribution in [2.45, 2.75) is 48.9 Å². The lowest BCUT2D eigenvalue weighted by Gasteiger charge is -2.23. The summed E-state index contributed by atoms with van der Waals surface area (Å²) >= 11 is 6.04. The zero-order chi connectivity index (χ0) is 14.7. The van der Waals surface area contributed by atoms with Gasteiger partial charge in [-0.05, 0) is 27.7 Å². The number of aliphatic hydroxyl groups excluding tert-OH is 2. The van der Waals surface area contributed by atoms with Crippen LogP contribution in [-0.2, 0) is 19.1 Å². The van der Waals surface area contributed by atoms with Crippen LogP contribution in [0.3, 0.4) is 0 Å². The smallest absolute Gasteiger partial charge is 0.324 e. The first-order valence-corrected chi connectivity index (χ1v) is 6.60. The SMILES string of the molecule is CC(C)(Br)C(=O)OC(O)C(O)OC(=O)C(C)(C)Br. The van der Waals surface area contributed by atoms with Crippen LogP contribution in [0.1, 0.15) is 27.7 Å². The van der Waals surface area contributed by atoms with Crippen molar-refractivity contribution in [1.82, 2.24) is 0 Å². The molecular formula is C10H16Br2O6. The van der Waals surface area contributed by atoms with Crippen molar-refractivity contribution in [3.05, 3.63) is 0 Å². The average Bonchev–Trinajstić information content (AvgIpc) is 2.14. The first-order chi connectivity index (χ1) is 7.85.